The SMILES string of the molecule is CC1(C)CN(Cc2ccccc2)C(=O)[C@H]1CC(=O)Nc1ccc(Br)cc1. The first kappa shape index (κ1) is 18.6. The molecule has 1 aliphatic heterocycles. The molecule has 0 aliphatic carbocycles. The van der Waals surface area contributed by atoms with Crippen molar-refractivity contribution in [1.82, 2.24) is 4.90 Å². The molecule has 1 fully saturated rings. The Morgan fingerprint density at radius 1 is 1.15 bits per heavy atom. The van der Waals surface area contributed by atoms with Crippen molar-refractivity contribution in [2.75, 3.05) is 11.9 Å². The Bertz CT molecular complexity index is 787. The minimum absolute atomic E-state index is 0.0600. The molecular formula is C21H23BrN2O2. The molecule has 0 spiro atoms. The van der Waals surface area contributed by atoms with Gasteiger partial charge >= 0.3 is 0 Å². The Labute approximate surface area is 162 Å². The van der Waals surface area contributed by atoms with Crippen LogP contribution < -0.4 is 5.32 Å². The molecule has 26 heavy (non-hydrogen) atoms. The van der Waals surface area contributed by atoms with Crippen molar-refractivity contribution >= 4 is 33.4 Å². The minimum atomic E-state index is -0.304. The molecule has 1 saturated heterocycles. The molecule has 1 aliphatic rings. The van der Waals surface area contributed by atoms with Crippen LogP contribution in [0.5, 0.6) is 0 Å². The van der Waals surface area contributed by atoms with Gasteiger partial charge in [-0.15, -0.1) is 0 Å². The highest BCUT2D eigenvalue weighted by Crippen LogP contribution is 2.39. The molecule has 0 unspecified atom stereocenters. The van der Waals surface area contributed by atoms with Crippen molar-refractivity contribution in [3.63, 3.8) is 0 Å². The van der Waals surface area contributed by atoms with Gasteiger partial charge in [0.05, 0.1) is 5.92 Å². The number of carbonyl (C=O) groups is 2. The smallest absolute Gasteiger partial charge is 0.227 e. The quantitative estimate of drug-likeness (QED) is 0.784. The fourth-order valence-electron chi connectivity index (χ4n) is 3.47. The van der Waals surface area contributed by atoms with Gasteiger partial charge in [0.25, 0.3) is 0 Å². The van der Waals surface area contributed by atoms with E-state index in [0.29, 0.717) is 13.1 Å². The molecule has 2 aromatic carbocycles. The van der Waals surface area contributed by atoms with Crippen molar-refractivity contribution in [2.24, 2.45) is 11.3 Å². The van der Waals surface area contributed by atoms with Gasteiger partial charge in [-0.3, -0.25) is 9.59 Å². The summed E-state index contributed by atoms with van der Waals surface area (Å²) in [5.74, 6) is -0.369. The van der Waals surface area contributed by atoms with Crippen LogP contribution in [0.2, 0.25) is 0 Å². The summed E-state index contributed by atoms with van der Waals surface area (Å²) in [5.41, 5.74) is 1.61. The summed E-state index contributed by atoms with van der Waals surface area (Å²) in [5, 5.41) is 2.89. The maximum atomic E-state index is 12.9. The zero-order chi connectivity index (χ0) is 18.7. The van der Waals surface area contributed by atoms with E-state index in [1.165, 1.54) is 0 Å². The molecule has 0 radical (unpaired) electrons. The maximum absolute atomic E-state index is 12.9. The number of likely N-dealkylation sites (tertiary alicyclic amines) is 1. The third kappa shape index (κ3) is 4.33. The van der Waals surface area contributed by atoms with E-state index in [1.807, 2.05) is 59.5 Å². The number of amides is 2. The highest BCUT2D eigenvalue weighted by atomic mass is 79.9. The summed E-state index contributed by atoms with van der Waals surface area (Å²) in [6.07, 6.45) is 0.202. The van der Waals surface area contributed by atoms with E-state index in [2.05, 4.69) is 35.1 Å². The van der Waals surface area contributed by atoms with Crippen LogP contribution in [0.25, 0.3) is 0 Å². The lowest BCUT2D eigenvalue weighted by atomic mass is 9.79. The minimum Gasteiger partial charge on any atom is -0.338 e. The summed E-state index contributed by atoms with van der Waals surface area (Å²) in [7, 11) is 0. The molecule has 0 saturated carbocycles. The van der Waals surface area contributed by atoms with Crippen LogP contribution >= 0.6 is 15.9 Å². The number of rotatable bonds is 5. The van der Waals surface area contributed by atoms with Crippen molar-refractivity contribution in [1.29, 1.82) is 0 Å². The van der Waals surface area contributed by atoms with E-state index in [-0.39, 0.29) is 29.6 Å². The Balaban J connectivity index is 1.65. The molecule has 0 bridgehead atoms. The Kier molecular flexibility index (Phi) is 5.47. The Hall–Kier alpha value is -2.14. The third-order valence-electron chi connectivity index (χ3n) is 4.89. The highest BCUT2D eigenvalue weighted by Gasteiger charge is 2.46. The second-order valence-corrected chi connectivity index (χ2v) is 8.40. The third-order valence-corrected chi connectivity index (χ3v) is 5.41. The van der Waals surface area contributed by atoms with E-state index in [4.69, 9.17) is 0 Å². The van der Waals surface area contributed by atoms with E-state index < -0.39 is 0 Å². The summed E-state index contributed by atoms with van der Waals surface area (Å²) < 4.78 is 0.958. The molecule has 5 heteroatoms. The van der Waals surface area contributed by atoms with Crippen molar-refractivity contribution < 1.29 is 9.59 Å². The lowest BCUT2D eigenvalue weighted by Gasteiger charge is -2.23. The summed E-state index contributed by atoms with van der Waals surface area (Å²) in [6, 6.07) is 17.4. The van der Waals surface area contributed by atoms with Gasteiger partial charge in [0, 0.05) is 29.7 Å². The number of halogens is 1. The molecule has 4 nitrogen and oxygen atoms in total. The topological polar surface area (TPSA) is 49.4 Å². The molecule has 2 aromatic rings. The van der Waals surface area contributed by atoms with Gasteiger partial charge in [0.1, 0.15) is 0 Å². The number of benzene rings is 2. The number of nitrogens with zero attached hydrogens (tertiary/aromatic N) is 1. The zero-order valence-electron chi connectivity index (χ0n) is 15.0. The molecule has 136 valence electrons. The summed E-state index contributed by atoms with van der Waals surface area (Å²) >= 11 is 3.38. The second kappa shape index (κ2) is 7.62. The zero-order valence-corrected chi connectivity index (χ0v) is 16.6. The van der Waals surface area contributed by atoms with Crippen LogP contribution in [0.3, 0.4) is 0 Å². The van der Waals surface area contributed by atoms with Gasteiger partial charge in [0.15, 0.2) is 0 Å². The van der Waals surface area contributed by atoms with Crippen LogP contribution in [0.4, 0.5) is 5.69 Å². The first-order chi connectivity index (χ1) is 12.3. The average Bonchev–Trinajstić information content (AvgIpc) is 2.81. The molecule has 0 aromatic heterocycles. The fraction of sp³-hybridized carbons (Fsp3) is 0.333. The Morgan fingerprint density at radius 2 is 1.81 bits per heavy atom. The number of carbonyl (C=O) groups excluding carboxylic acids is 2. The monoisotopic (exact) mass is 414 g/mol. The molecular weight excluding hydrogens is 392 g/mol. The maximum Gasteiger partial charge on any atom is 0.227 e. The first-order valence-corrected chi connectivity index (χ1v) is 9.52. The van der Waals surface area contributed by atoms with Gasteiger partial charge in [-0.2, -0.15) is 0 Å². The second-order valence-electron chi connectivity index (χ2n) is 7.48. The van der Waals surface area contributed by atoms with Crippen molar-refractivity contribution in [2.45, 2.75) is 26.8 Å². The number of hydrogen-bond donors (Lipinski definition) is 1. The predicted octanol–water partition coefficient (Wildman–Crippen LogP) is 4.46. The standard InChI is InChI=1S/C21H23BrN2O2/c1-21(2)14-24(13-15-6-4-3-5-7-15)20(26)18(21)12-19(25)23-17-10-8-16(22)9-11-17/h3-11,18H,12-14H2,1-2H3,(H,23,25)/t18-/m1/s1. The number of nitrogens with one attached hydrogen (secondary N) is 1. The number of hydrogen-bond acceptors (Lipinski definition) is 2. The van der Waals surface area contributed by atoms with Crippen LogP contribution in [0.1, 0.15) is 25.8 Å². The van der Waals surface area contributed by atoms with E-state index in [0.717, 1.165) is 15.7 Å². The van der Waals surface area contributed by atoms with Crippen LogP contribution in [-0.4, -0.2) is 23.3 Å². The average molecular weight is 415 g/mol. The highest BCUT2D eigenvalue weighted by molar-refractivity contribution is 9.10. The van der Waals surface area contributed by atoms with Crippen molar-refractivity contribution in [3.05, 3.63) is 64.6 Å². The van der Waals surface area contributed by atoms with E-state index in [9.17, 15) is 9.59 Å². The van der Waals surface area contributed by atoms with Crippen LogP contribution in [0.15, 0.2) is 59.1 Å². The first-order valence-electron chi connectivity index (χ1n) is 8.73. The Morgan fingerprint density at radius 3 is 2.46 bits per heavy atom. The van der Waals surface area contributed by atoms with Gasteiger partial charge in [-0.05, 0) is 35.2 Å². The van der Waals surface area contributed by atoms with Gasteiger partial charge in [-0.25, -0.2) is 0 Å². The van der Waals surface area contributed by atoms with Gasteiger partial charge < -0.3 is 10.2 Å². The lowest BCUT2D eigenvalue weighted by molar-refractivity contribution is -0.134. The normalized spacial score (nSPS) is 18.8. The summed E-state index contributed by atoms with van der Waals surface area (Å²) in [4.78, 5) is 27.2. The van der Waals surface area contributed by atoms with E-state index >= 15 is 0 Å². The molecule has 1 atom stereocenters. The predicted molar refractivity (Wildman–Crippen MR) is 107 cm³/mol. The summed E-state index contributed by atoms with van der Waals surface area (Å²) in [6.45, 7) is 5.38. The number of anilines is 1. The lowest BCUT2D eigenvalue weighted by Crippen LogP contribution is -2.30. The largest absolute Gasteiger partial charge is 0.338 e. The van der Waals surface area contributed by atoms with E-state index in [1.54, 1.807) is 0 Å². The molecule has 1 N–H and O–H groups in total. The molecule has 2 amide bonds. The van der Waals surface area contributed by atoms with Crippen LogP contribution in [-0.2, 0) is 16.1 Å². The van der Waals surface area contributed by atoms with Crippen LogP contribution in [0, 0.1) is 11.3 Å². The van der Waals surface area contributed by atoms with Crippen molar-refractivity contribution in [3.8, 4) is 0 Å². The van der Waals surface area contributed by atoms with Gasteiger partial charge in [0.2, 0.25) is 11.8 Å². The molecule has 3 rings (SSSR count). The van der Waals surface area contributed by atoms with Gasteiger partial charge in [-0.1, -0.05) is 60.1 Å². The molecule has 1 heterocycles. The fourth-order valence-corrected chi connectivity index (χ4v) is 3.73.